The first-order valence-electron chi connectivity index (χ1n) is 9.76. The van der Waals surface area contributed by atoms with Crippen LogP contribution in [-0.4, -0.2) is 31.7 Å². The minimum atomic E-state index is -0.0220. The van der Waals surface area contributed by atoms with Crippen molar-refractivity contribution in [1.82, 2.24) is 0 Å². The normalized spacial score (nSPS) is 25.7. The second kappa shape index (κ2) is 8.54. The zero-order chi connectivity index (χ0) is 19.6. The van der Waals surface area contributed by atoms with Gasteiger partial charge in [0.05, 0.1) is 24.8 Å². The fraction of sp³-hybridized carbons (Fsp3) is 0.636. The Bertz CT molecular complexity index is 679. The second-order valence-electron chi connectivity index (χ2n) is 8.54. The van der Waals surface area contributed by atoms with Gasteiger partial charge in [0.2, 0.25) is 0 Å². The number of phenols is 1. The standard InChI is InChI=1S/C22H31BrO4/c1-14-9-15(5-6-21-26-7-8-27-21)13-22(2,3)17(14)10-16-11-20(25-4)18(23)12-19(16)24/h11-12,15,17,21,24H,1,5-10,13H2,2-4H3/t15-,17+/m0/s1. The van der Waals surface area contributed by atoms with Crippen molar-refractivity contribution in [3.8, 4) is 11.5 Å². The average Bonchev–Trinajstić information content (AvgIpc) is 3.11. The molecule has 4 nitrogen and oxygen atoms in total. The summed E-state index contributed by atoms with van der Waals surface area (Å²) in [6.07, 6.45) is 5.02. The number of phenolic OH excluding ortho intramolecular Hbond substituents is 1. The van der Waals surface area contributed by atoms with Crippen LogP contribution in [0.1, 0.15) is 45.1 Å². The van der Waals surface area contributed by atoms with Crippen LogP contribution in [0.2, 0.25) is 0 Å². The molecule has 0 bridgehead atoms. The molecule has 1 aliphatic heterocycles. The van der Waals surface area contributed by atoms with Gasteiger partial charge in [0.25, 0.3) is 0 Å². The van der Waals surface area contributed by atoms with Gasteiger partial charge in [-0.1, -0.05) is 26.0 Å². The minimum Gasteiger partial charge on any atom is -0.508 e. The molecule has 0 aromatic heterocycles. The summed E-state index contributed by atoms with van der Waals surface area (Å²) in [4.78, 5) is 0. The molecule has 1 heterocycles. The van der Waals surface area contributed by atoms with E-state index in [9.17, 15) is 5.11 Å². The lowest BCUT2D eigenvalue weighted by Gasteiger charge is -2.44. The summed E-state index contributed by atoms with van der Waals surface area (Å²) in [7, 11) is 1.65. The fourth-order valence-corrected chi connectivity index (χ4v) is 5.21. The Morgan fingerprint density at radius 3 is 2.59 bits per heavy atom. The van der Waals surface area contributed by atoms with E-state index < -0.39 is 0 Å². The van der Waals surface area contributed by atoms with Gasteiger partial charge in [-0.15, -0.1) is 0 Å². The Balaban J connectivity index is 1.67. The van der Waals surface area contributed by atoms with E-state index in [1.165, 1.54) is 5.57 Å². The number of hydrogen-bond donors (Lipinski definition) is 1. The van der Waals surface area contributed by atoms with Gasteiger partial charge in [-0.05, 0) is 83.0 Å². The van der Waals surface area contributed by atoms with Gasteiger partial charge >= 0.3 is 0 Å². The van der Waals surface area contributed by atoms with Crippen molar-refractivity contribution < 1.29 is 19.3 Å². The van der Waals surface area contributed by atoms with Gasteiger partial charge in [-0.25, -0.2) is 0 Å². The van der Waals surface area contributed by atoms with Crippen molar-refractivity contribution in [3.05, 3.63) is 34.3 Å². The third kappa shape index (κ3) is 4.87. The molecule has 0 unspecified atom stereocenters. The van der Waals surface area contributed by atoms with E-state index in [0.717, 1.165) is 61.1 Å². The van der Waals surface area contributed by atoms with E-state index in [1.807, 2.05) is 6.07 Å². The Morgan fingerprint density at radius 2 is 1.96 bits per heavy atom. The molecule has 1 saturated carbocycles. The van der Waals surface area contributed by atoms with Gasteiger partial charge < -0.3 is 19.3 Å². The number of hydrogen-bond acceptors (Lipinski definition) is 4. The first-order chi connectivity index (χ1) is 12.8. The van der Waals surface area contributed by atoms with Gasteiger partial charge in [-0.2, -0.15) is 0 Å². The van der Waals surface area contributed by atoms with Gasteiger partial charge in [-0.3, -0.25) is 0 Å². The maximum absolute atomic E-state index is 10.4. The van der Waals surface area contributed by atoms with Crippen LogP contribution >= 0.6 is 15.9 Å². The molecule has 1 aromatic rings. The van der Waals surface area contributed by atoms with Crippen LogP contribution in [0, 0.1) is 17.3 Å². The summed E-state index contributed by atoms with van der Waals surface area (Å²) < 4.78 is 17.3. The summed E-state index contributed by atoms with van der Waals surface area (Å²) in [6.45, 7) is 10.5. The molecular weight excluding hydrogens is 408 g/mol. The lowest BCUT2D eigenvalue weighted by molar-refractivity contribution is -0.0521. The highest BCUT2D eigenvalue weighted by molar-refractivity contribution is 9.10. The molecule has 1 aromatic carbocycles. The fourth-order valence-electron chi connectivity index (χ4n) is 4.72. The average molecular weight is 439 g/mol. The second-order valence-corrected chi connectivity index (χ2v) is 9.40. The SMILES string of the molecule is C=C1C[C@H](CCC2OCCO2)CC(C)(C)[C@@H]1Cc1cc(OC)c(Br)cc1O. The molecule has 3 rings (SSSR count). The topological polar surface area (TPSA) is 47.9 Å². The molecule has 2 aliphatic rings. The monoisotopic (exact) mass is 438 g/mol. The van der Waals surface area contributed by atoms with Crippen molar-refractivity contribution in [3.63, 3.8) is 0 Å². The number of halogens is 1. The zero-order valence-electron chi connectivity index (χ0n) is 16.6. The van der Waals surface area contributed by atoms with Crippen LogP contribution in [0.3, 0.4) is 0 Å². The Hall–Kier alpha value is -1.04. The van der Waals surface area contributed by atoms with E-state index in [4.69, 9.17) is 14.2 Å². The molecule has 150 valence electrons. The summed E-state index contributed by atoms with van der Waals surface area (Å²) >= 11 is 3.43. The largest absolute Gasteiger partial charge is 0.508 e. The first kappa shape index (κ1) is 20.7. The molecule has 0 amide bonds. The van der Waals surface area contributed by atoms with Crippen LogP contribution in [-0.2, 0) is 15.9 Å². The number of allylic oxidation sites excluding steroid dienone is 1. The lowest BCUT2D eigenvalue weighted by Crippen LogP contribution is -2.35. The quantitative estimate of drug-likeness (QED) is 0.598. The first-order valence-corrected chi connectivity index (χ1v) is 10.6. The third-order valence-electron chi connectivity index (χ3n) is 6.08. The van der Waals surface area contributed by atoms with Crippen molar-refractivity contribution in [2.75, 3.05) is 20.3 Å². The summed E-state index contributed by atoms with van der Waals surface area (Å²) in [5.74, 6) is 2.01. The Kier molecular flexibility index (Phi) is 6.54. The van der Waals surface area contributed by atoms with E-state index in [-0.39, 0.29) is 11.7 Å². The van der Waals surface area contributed by atoms with Gasteiger partial charge in [0.1, 0.15) is 11.5 Å². The summed E-state index contributed by atoms with van der Waals surface area (Å²) in [5, 5.41) is 10.4. The molecule has 0 radical (unpaired) electrons. The number of ether oxygens (including phenoxy) is 3. The van der Waals surface area contributed by atoms with Crippen molar-refractivity contribution >= 4 is 15.9 Å². The summed E-state index contributed by atoms with van der Waals surface area (Å²) in [6, 6.07) is 3.65. The van der Waals surface area contributed by atoms with Gasteiger partial charge in [0.15, 0.2) is 6.29 Å². The van der Waals surface area contributed by atoms with Crippen LogP contribution in [0.15, 0.2) is 28.8 Å². The maximum Gasteiger partial charge on any atom is 0.157 e. The Morgan fingerprint density at radius 1 is 1.26 bits per heavy atom. The number of rotatable bonds is 6. The number of methoxy groups -OCH3 is 1. The van der Waals surface area contributed by atoms with Crippen molar-refractivity contribution in [1.29, 1.82) is 0 Å². The molecule has 5 heteroatoms. The number of benzene rings is 1. The van der Waals surface area contributed by atoms with Crippen LogP contribution in [0.4, 0.5) is 0 Å². The van der Waals surface area contributed by atoms with Crippen LogP contribution in [0.5, 0.6) is 11.5 Å². The van der Waals surface area contributed by atoms with Crippen LogP contribution in [0.25, 0.3) is 0 Å². The predicted octanol–water partition coefficient (Wildman–Crippen LogP) is 5.47. The molecule has 0 spiro atoms. The summed E-state index contributed by atoms with van der Waals surface area (Å²) in [5.41, 5.74) is 2.33. The van der Waals surface area contributed by atoms with Crippen molar-refractivity contribution in [2.45, 2.75) is 52.2 Å². The van der Waals surface area contributed by atoms with Gasteiger partial charge in [0, 0.05) is 0 Å². The molecule has 1 saturated heterocycles. The molecular formula is C22H31BrO4. The highest BCUT2D eigenvalue weighted by atomic mass is 79.9. The highest BCUT2D eigenvalue weighted by Gasteiger charge is 2.39. The minimum absolute atomic E-state index is 0.0220. The molecule has 2 atom stereocenters. The Labute approximate surface area is 171 Å². The van der Waals surface area contributed by atoms with E-state index in [1.54, 1.807) is 13.2 Å². The zero-order valence-corrected chi connectivity index (χ0v) is 18.2. The maximum atomic E-state index is 10.4. The number of aromatic hydroxyl groups is 1. The molecule has 2 fully saturated rings. The molecule has 1 aliphatic carbocycles. The highest BCUT2D eigenvalue weighted by Crippen LogP contribution is 2.49. The molecule has 1 N–H and O–H groups in total. The van der Waals surface area contributed by atoms with Crippen molar-refractivity contribution in [2.24, 2.45) is 17.3 Å². The predicted molar refractivity (Wildman–Crippen MR) is 110 cm³/mol. The van der Waals surface area contributed by atoms with E-state index in [0.29, 0.717) is 17.6 Å². The lowest BCUT2D eigenvalue weighted by atomic mass is 9.61. The smallest absolute Gasteiger partial charge is 0.157 e. The van der Waals surface area contributed by atoms with E-state index >= 15 is 0 Å². The van der Waals surface area contributed by atoms with E-state index in [2.05, 4.69) is 36.4 Å². The molecule has 27 heavy (non-hydrogen) atoms. The third-order valence-corrected chi connectivity index (χ3v) is 6.70. The van der Waals surface area contributed by atoms with Crippen LogP contribution < -0.4 is 4.74 Å².